The summed E-state index contributed by atoms with van der Waals surface area (Å²) in [5.74, 6) is -2.50. The molecule has 3 aromatic rings. The van der Waals surface area contributed by atoms with Gasteiger partial charge in [-0.15, -0.1) is 0 Å². The van der Waals surface area contributed by atoms with Crippen LogP contribution in [0.5, 0.6) is 0 Å². The van der Waals surface area contributed by atoms with Crippen LogP contribution in [0.2, 0.25) is 0 Å². The molecule has 1 aromatic heterocycles. The van der Waals surface area contributed by atoms with E-state index in [9.17, 15) is 18.0 Å². The molecule has 1 N–H and O–H groups in total. The molecule has 0 saturated carbocycles. The van der Waals surface area contributed by atoms with Crippen molar-refractivity contribution in [2.45, 2.75) is 26.8 Å². The first kappa shape index (κ1) is 25.9. The summed E-state index contributed by atoms with van der Waals surface area (Å²) >= 11 is 0. The van der Waals surface area contributed by atoms with E-state index in [1.165, 1.54) is 11.0 Å². The summed E-state index contributed by atoms with van der Waals surface area (Å²) in [6.07, 6.45) is 4.80. The molecule has 184 valence electrons. The van der Waals surface area contributed by atoms with Crippen LogP contribution in [-0.4, -0.2) is 48.0 Å². The fraction of sp³-hybridized carbons (Fsp3) is 0.269. The summed E-state index contributed by atoms with van der Waals surface area (Å²) in [7, 11) is -4.10. The van der Waals surface area contributed by atoms with Crippen molar-refractivity contribution in [2.75, 3.05) is 13.1 Å². The maximum absolute atomic E-state index is 13.1. The van der Waals surface area contributed by atoms with E-state index >= 15 is 0 Å². The molecule has 0 radical (unpaired) electrons. The van der Waals surface area contributed by atoms with E-state index in [0.29, 0.717) is 30.8 Å². The number of amides is 2. The summed E-state index contributed by atoms with van der Waals surface area (Å²) in [5.41, 5.74) is 2.40. The minimum absolute atomic E-state index is 0.0356. The number of rotatable bonds is 11. The number of hydrogen-bond donors (Lipinski definition) is 1. The first-order valence-corrected chi connectivity index (χ1v) is 13.0. The molecule has 0 spiro atoms. The predicted molar refractivity (Wildman–Crippen MR) is 135 cm³/mol. The van der Waals surface area contributed by atoms with Crippen LogP contribution in [0.25, 0.3) is 6.08 Å². The largest absolute Gasteiger partial charge is 0.343 e. The summed E-state index contributed by atoms with van der Waals surface area (Å²) in [6, 6.07) is 18.6. The maximum Gasteiger partial charge on any atom is 0.257 e. The van der Waals surface area contributed by atoms with Crippen molar-refractivity contribution in [2.24, 2.45) is 5.92 Å². The average molecular weight is 495 g/mol. The van der Waals surface area contributed by atoms with Crippen molar-refractivity contribution in [1.29, 1.82) is 0 Å². The molecule has 9 heteroatoms. The second kappa shape index (κ2) is 12.1. The van der Waals surface area contributed by atoms with Crippen LogP contribution in [0, 0.1) is 5.92 Å². The molecule has 0 saturated heterocycles. The number of sulfonamides is 1. The Hall–Kier alpha value is -3.72. The predicted octanol–water partition coefficient (Wildman–Crippen LogP) is 3.08. The van der Waals surface area contributed by atoms with E-state index in [1.807, 2.05) is 55.0 Å². The summed E-state index contributed by atoms with van der Waals surface area (Å²) in [4.78, 5) is 27.7. The van der Waals surface area contributed by atoms with Gasteiger partial charge in [-0.3, -0.25) is 14.3 Å². The topological polar surface area (TPSA) is 101 Å². The second-order valence-electron chi connectivity index (χ2n) is 8.02. The first-order valence-electron chi connectivity index (χ1n) is 11.4. The van der Waals surface area contributed by atoms with E-state index in [0.717, 1.165) is 11.0 Å². The van der Waals surface area contributed by atoms with E-state index in [1.54, 1.807) is 41.3 Å². The zero-order valence-electron chi connectivity index (χ0n) is 19.9. The third kappa shape index (κ3) is 7.65. The van der Waals surface area contributed by atoms with Gasteiger partial charge in [0.2, 0.25) is 11.8 Å². The van der Waals surface area contributed by atoms with Gasteiger partial charge in [-0.25, -0.2) is 13.1 Å². The molecule has 2 aromatic carbocycles. The minimum Gasteiger partial charge on any atom is -0.343 e. The smallest absolute Gasteiger partial charge is 0.257 e. The average Bonchev–Trinajstić information content (AvgIpc) is 3.29. The van der Waals surface area contributed by atoms with Crippen molar-refractivity contribution in [3.05, 3.63) is 95.2 Å². The molecule has 0 bridgehead atoms. The Morgan fingerprint density at radius 2 is 1.63 bits per heavy atom. The Balaban J connectivity index is 1.77. The highest BCUT2D eigenvalue weighted by Crippen LogP contribution is 2.14. The Kier molecular flexibility index (Phi) is 8.97. The van der Waals surface area contributed by atoms with Gasteiger partial charge in [-0.2, -0.15) is 5.10 Å². The molecular formula is C26H30N4O4S. The van der Waals surface area contributed by atoms with Gasteiger partial charge in [0, 0.05) is 19.3 Å². The first-order chi connectivity index (χ1) is 16.8. The lowest BCUT2D eigenvalue weighted by Gasteiger charge is -2.24. The van der Waals surface area contributed by atoms with Crippen LogP contribution in [-0.2, 0) is 32.6 Å². The van der Waals surface area contributed by atoms with Crippen molar-refractivity contribution >= 4 is 27.9 Å². The number of aromatic nitrogens is 2. The highest BCUT2D eigenvalue weighted by molar-refractivity contribution is 7.93. The normalized spacial score (nSPS) is 12.4. The minimum atomic E-state index is -4.10. The summed E-state index contributed by atoms with van der Waals surface area (Å²) < 4.78 is 28.9. The number of hydrogen-bond acceptors (Lipinski definition) is 5. The molecular weight excluding hydrogens is 464 g/mol. The Morgan fingerprint density at radius 3 is 2.26 bits per heavy atom. The van der Waals surface area contributed by atoms with Gasteiger partial charge in [-0.1, -0.05) is 60.7 Å². The molecule has 1 heterocycles. The standard InChI is InChI=1S/C26H30N4O4S/c1-3-29(4-2)26(32)24(17-23-18-27-30(20-23)19-22-13-9-6-10-14-22)25(31)28-35(33,34)16-15-21-11-7-5-8-12-21/h5-16,18,20,24H,3-4,17,19H2,1-2H3,(H,28,31)/b16-15+. The monoisotopic (exact) mass is 494 g/mol. The molecule has 8 nitrogen and oxygen atoms in total. The quantitative estimate of drug-likeness (QED) is 0.413. The summed E-state index contributed by atoms with van der Waals surface area (Å²) in [6.45, 7) is 4.99. The molecule has 2 amide bonds. The maximum atomic E-state index is 13.1. The van der Waals surface area contributed by atoms with E-state index in [4.69, 9.17) is 0 Å². The molecule has 0 aliphatic heterocycles. The number of nitrogens with zero attached hydrogens (tertiary/aromatic N) is 3. The molecule has 1 atom stereocenters. The lowest BCUT2D eigenvalue weighted by atomic mass is 9.99. The molecule has 35 heavy (non-hydrogen) atoms. The summed E-state index contributed by atoms with van der Waals surface area (Å²) in [5, 5.41) is 5.26. The fourth-order valence-corrected chi connectivity index (χ4v) is 4.46. The van der Waals surface area contributed by atoms with Gasteiger partial charge in [0.05, 0.1) is 18.1 Å². The third-order valence-corrected chi connectivity index (χ3v) is 6.47. The zero-order chi connectivity index (χ0) is 25.3. The van der Waals surface area contributed by atoms with Crippen LogP contribution in [0.3, 0.4) is 0 Å². The Morgan fingerprint density at radius 1 is 1.00 bits per heavy atom. The van der Waals surface area contributed by atoms with Crippen molar-refractivity contribution < 1.29 is 18.0 Å². The number of nitrogens with one attached hydrogen (secondary N) is 1. The second-order valence-corrected chi connectivity index (χ2v) is 9.59. The van der Waals surface area contributed by atoms with Gasteiger partial charge < -0.3 is 4.90 Å². The van der Waals surface area contributed by atoms with Crippen LogP contribution in [0.15, 0.2) is 78.5 Å². The highest BCUT2D eigenvalue weighted by Gasteiger charge is 2.32. The zero-order valence-corrected chi connectivity index (χ0v) is 20.7. The van der Waals surface area contributed by atoms with E-state index in [2.05, 4.69) is 5.10 Å². The number of carbonyl (C=O) groups excluding carboxylic acids is 2. The van der Waals surface area contributed by atoms with E-state index < -0.39 is 27.8 Å². The third-order valence-electron chi connectivity index (χ3n) is 5.49. The SMILES string of the molecule is CCN(CC)C(=O)C(Cc1cnn(Cc2ccccc2)c1)C(=O)NS(=O)(=O)/C=C/c1ccccc1. The lowest BCUT2D eigenvalue weighted by Crippen LogP contribution is -2.45. The van der Waals surface area contributed by atoms with Crippen LogP contribution in [0.1, 0.15) is 30.5 Å². The molecule has 3 rings (SSSR count). The molecule has 0 aliphatic carbocycles. The van der Waals surface area contributed by atoms with Crippen LogP contribution < -0.4 is 4.72 Å². The number of carbonyl (C=O) groups is 2. The fourth-order valence-electron chi connectivity index (χ4n) is 3.63. The molecule has 0 aliphatic rings. The van der Waals surface area contributed by atoms with Gasteiger partial charge in [-0.05, 0) is 43.0 Å². The van der Waals surface area contributed by atoms with Gasteiger partial charge >= 0.3 is 0 Å². The van der Waals surface area contributed by atoms with E-state index in [-0.39, 0.29) is 6.42 Å². The van der Waals surface area contributed by atoms with Crippen molar-refractivity contribution in [1.82, 2.24) is 19.4 Å². The number of benzene rings is 2. The molecule has 1 unspecified atom stereocenters. The van der Waals surface area contributed by atoms with Crippen LogP contribution in [0.4, 0.5) is 0 Å². The van der Waals surface area contributed by atoms with Crippen molar-refractivity contribution in [3.63, 3.8) is 0 Å². The van der Waals surface area contributed by atoms with Gasteiger partial charge in [0.1, 0.15) is 5.92 Å². The Labute approximate surface area is 206 Å². The Bertz CT molecular complexity index is 1250. The van der Waals surface area contributed by atoms with Gasteiger partial charge in [0.25, 0.3) is 10.0 Å². The van der Waals surface area contributed by atoms with Crippen molar-refractivity contribution in [3.8, 4) is 0 Å². The highest BCUT2D eigenvalue weighted by atomic mass is 32.2. The molecule has 0 fully saturated rings. The van der Waals surface area contributed by atoms with Crippen LogP contribution >= 0.6 is 0 Å². The van der Waals surface area contributed by atoms with Gasteiger partial charge in [0.15, 0.2) is 0 Å². The lowest BCUT2D eigenvalue weighted by molar-refractivity contribution is -0.141.